The van der Waals surface area contributed by atoms with Crippen LogP contribution in [0.25, 0.3) is 0 Å². The van der Waals surface area contributed by atoms with Crippen molar-refractivity contribution in [3.63, 3.8) is 0 Å². The van der Waals surface area contributed by atoms with Gasteiger partial charge in [-0.25, -0.2) is 0 Å². The Kier molecular flexibility index (Phi) is 4.29. The molecule has 0 aromatic heterocycles. The van der Waals surface area contributed by atoms with Gasteiger partial charge < -0.3 is 9.84 Å². The molecule has 1 rings (SSSR count). The van der Waals surface area contributed by atoms with Crippen LogP contribution >= 0.6 is 11.8 Å². The van der Waals surface area contributed by atoms with E-state index < -0.39 is 0 Å². The Morgan fingerprint density at radius 3 is 2.71 bits per heavy atom. The fourth-order valence-electron chi connectivity index (χ4n) is 1.35. The first-order valence-electron chi connectivity index (χ1n) is 4.56. The number of thioether (sulfide) groups is 1. The quantitative estimate of drug-likeness (QED) is 0.777. The van der Waals surface area contributed by atoms with Crippen LogP contribution in [0.3, 0.4) is 0 Å². The van der Waals surface area contributed by atoms with Crippen LogP contribution in [-0.4, -0.2) is 24.6 Å². The maximum absolute atomic E-state index is 9.26. The molecule has 0 radical (unpaired) electrons. The molecular weight excluding hydrogens is 196 g/mol. The number of methoxy groups -OCH3 is 1. The van der Waals surface area contributed by atoms with Crippen molar-refractivity contribution in [1.82, 2.24) is 0 Å². The Balaban J connectivity index is 2.89. The lowest BCUT2D eigenvalue weighted by Crippen LogP contribution is -2.04. The minimum absolute atomic E-state index is 0.293. The van der Waals surface area contributed by atoms with Crippen LogP contribution in [0.5, 0.6) is 5.75 Å². The van der Waals surface area contributed by atoms with Crippen LogP contribution in [0.4, 0.5) is 0 Å². The molecule has 1 N–H and O–H groups in total. The van der Waals surface area contributed by atoms with Gasteiger partial charge in [0.05, 0.1) is 13.2 Å². The van der Waals surface area contributed by atoms with Crippen molar-refractivity contribution in [1.29, 1.82) is 0 Å². The molecule has 0 spiro atoms. The zero-order valence-corrected chi connectivity index (χ0v) is 9.60. The molecule has 0 aliphatic carbocycles. The molecule has 0 heterocycles. The molecule has 78 valence electrons. The van der Waals surface area contributed by atoms with Gasteiger partial charge in [-0.05, 0) is 37.3 Å². The van der Waals surface area contributed by atoms with Crippen molar-refractivity contribution in [2.24, 2.45) is 0 Å². The minimum Gasteiger partial charge on any atom is -0.496 e. The van der Waals surface area contributed by atoms with Gasteiger partial charge in [0.2, 0.25) is 0 Å². The zero-order chi connectivity index (χ0) is 10.6. The molecule has 1 unspecified atom stereocenters. The van der Waals surface area contributed by atoms with Gasteiger partial charge >= 0.3 is 0 Å². The molecule has 0 bridgehead atoms. The third-order valence-corrected chi connectivity index (χ3v) is 2.74. The molecule has 0 aliphatic heterocycles. The Labute approximate surface area is 89.3 Å². The number of aliphatic hydroxyl groups is 1. The Hall–Kier alpha value is -0.670. The van der Waals surface area contributed by atoms with Crippen molar-refractivity contribution in [2.75, 3.05) is 13.4 Å². The SMILES string of the molecule is COc1ccc(CC(C)O)cc1SC. The second kappa shape index (κ2) is 5.27. The summed E-state index contributed by atoms with van der Waals surface area (Å²) >= 11 is 1.65. The van der Waals surface area contributed by atoms with E-state index >= 15 is 0 Å². The van der Waals surface area contributed by atoms with E-state index in [0.29, 0.717) is 6.42 Å². The van der Waals surface area contributed by atoms with Crippen molar-refractivity contribution in [3.8, 4) is 5.75 Å². The first-order valence-corrected chi connectivity index (χ1v) is 5.78. The van der Waals surface area contributed by atoms with Gasteiger partial charge in [-0.15, -0.1) is 11.8 Å². The molecule has 1 aromatic rings. The summed E-state index contributed by atoms with van der Waals surface area (Å²) in [5, 5.41) is 9.26. The highest BCUT2D eigenvalue weighted by atomic mass is 32.2. The molecular formula is C11H16O2S. The van der Waals surface area contributed by atoms with Gasteiger partial charge in [0.1, 0.15) is 5.75 Å². The predicted octanol–water partition coefficient (Wildman–Crippen LogP) is 2.34. The first kappa shape index (κ1) is 11.4. The maximum atomic E-state index is 9.26. The van der Waals surface area contributed by atoms with E-state index in [1.54, 1.807) is 25.8 Å². The summed E-state index contributed by atoms with van der Waals surface area (Å²) in [6.07, 6.45) is 2.42. The third kappa shape index (κ3) is 2.93. The Bertz CT molecular complexity index is 297. The highest BCUT2D eigenvalue weighted by Gasteiger charge is 2.04. The van der Waals surface area contributed by atoms with E-state index in [2.05, 4.69) is 6.07 Å². The summed E-state index contributed by atoms with van der Waals surface area (Å²) in [6.45, 7) is 1.79. The standard InChI is InChI=1S/C11H16O2S/c1-8(12)6-9-4-5-10(13-2)11(7-9)14-3/h4-5,7-8,12H,6H2,1-3H3. The van der Waals surface area contributed by atoms with Gasteiger partial charge in [0.15, 0.2) is 0 Å². The number of rotatable bonds is 4. The van der Waals surface area contributed by atoms with Gasteiger partial charge in [0.25, 0.3) is 0 Å². The lowest BCUT2D eigenvalue weighted by atomic mass is 10.1. The molecule has 0 fully saturated rings. The Morgan fingerprint density at radius 2 is 2.21 bits per heavy atom. The van der Waals surface area contributed by atoms with E-state index in [4.69, 9.17) is 4.74 Å². The fraction of sp³-hybridized carbons (Fsp3) is 0.455. The largest absolute Gasteiger partial charge is 0.496 e. The van der Waals surface area contributed by atoms with Crippen LogP contribution in [0.15, 0.2) is 23.1 Å². The van der Waals surface area contributed by atoms with E-state index in [1.807, 2.05) is 18.4 Å². The molecule has 1 atom stereocenters. The molecule has 14 heavy (non-hydrogen) atoms. The number of hydrogen-bond donors (Lipinski definition) is 1. The van der Waals surface area contributed by atoms with Crippen LogP contribution in [-0.2, 0) is 6.42 Å². The van der Waals surface area contributed by atoms with Gasteiger partial charge in [-0.3, -0.25) is 0 Å². The monoisotopic (exact) mass is 212 g/mol. The van der Waals surface area contributed by atoms with Crippen molar-refractivity contribution >= 4 is 11.8 Å². The maximum Gasteiger partial charge on any atom is 0.132 e. The summed E-state index contributed by atoms with van der Waals surface area (Å²) in [4.78, 5) is 1.12. The van der Waals surface area contributed by atoms with E-state index in [0.717, 1.165) is 16.2 Å². The molecule has 1 aromatic carbocycles. The fourth-order valence-corrected chi connectivity index (χ4v) is 1.97. The lowest BCUT2D eigenvalue weighted by molar-refractivity contribution is 0.195. The molecule has 3 heteroatoms. The second-order valence-corrected chi connectivity index (χ2v) is 4.09. The minimum atomic E-state index is -0.293. The highest BCUT2D eigenvalue weighted by molar-refractivity contribution is 7.98. The smallest absolute Gasteiger partial charge is 0.132 e. The third-order valence-electron chi connectivity index (χ3n) is 1.98. The zero-order valence-electron chi connectivity index (χ0n) is 8.78. The topological polar surface area (TPSA) is 29.5 Å². The van der Waals surface area contributed by atoms with Gasteiger partial charge in [-0.2, -0.15) is 0 Å². The molecule has 0 saturated carbocycles. The summed E-state index contributed by atoms with van der Waals surface area (Å²) in [5.74, 6) is 0.895. The average molecular weight is 212 g/mol. The van der Waals surface area contributed by atoms with Crippen LogP contribution in [0, 0.1) is 0 Å². The summed E-state index contributed by atoms with van der Waals surface area (Å²) in [5.41, 5.74) is 1.14. The van der Waals surface area contributed by atoms with Crippen molar-refractivity contribution < 1.29 is 9.84 Å². The molecule has 0 saturated heterocycles. The van der Waals surface area contributed by atoms with Gasteiger partial charge in [-0.1, -0.05) is 6.07 Å². The van der Waals surface area contributed by atoms with Gasteiger partial charge in [0, 0.05) is 4.90 Å². The molecule has 2 nitrogen and oxygen atoms in total. The van der Waals surface area contributed by atoms with Crippen molar-refractivity contribution in [3.05, 3.63) is 23.8 Å². The number of ether oxygens (including phenoxy) is 1. The molecule has 0 aliphatic rings. The number of aliphatic hydroxyl groups excluding tert-OH is 1. The van der Waals surface area contributed by atoms with E-state index in [9.17, 15) is 5.11 Å². The van der Waals surface area contributed by atoms with Crippen LogP contribution < -0.4 is 4.74 Å². The van der Waals surface area contributed by atoms with E-state index in [-0.39, 0.29) is 6.10 Å². The second-order valence-electron chi connectivity index (χ2n) is 3.24. The van der Waals surface area contributed by atoms with E-state index in [1.165, 1.54) is 0 Å². The number of hydrogen-bond acceptors (Lipinski definition) is 3. The predicted molar refractivity (Wildman–Crippen MR) is 60.2 cm³/mol. The lowest BCUT2D eigenvalue weighted by Gasteiger charge is -2.09. The van der Waals surface area contributed by atoms with Crippen molar-refractivity contribution in [2.45, 2.75) is 24.3 Å². The number of benzene rings is 1. The highest BCUT2D eigenvalue weighted by Crippen LogP contribution is 2.28. The van der Waals surface area contributed by atoms with Crippen LogP contribution in [0.1, 0.15) is 12.5 Å². The Morgan fingerprint density at radius 1 is 1.50 bits per heavy atom. The molecule has 0 amide bonds. The normalized spacial score (nSPS) is 12.6. The summed E-state index contributed by atoms with van der Waals surface area (Å²) < 4.78 is 5.21. The summed E-state index contributed by atoms with van der Waals surface area (Å²) in [6, 6.07) is 6.00. The summed E-state index contributed by atoms with van der Waals surface area (Å²) in [7, 11) is 1.67. The average Bonchev–Trinajstić information content (AvgIpc) is 2.16. The first-order chi connectivity index (χ1) is 6.67. The van der Waals surface area contributed by atoms with Crippen LogP contribution in [0.2, 0.25) is 0 Å².